The number of nitrogens with zero attached hydrogens (tertiary/aromatic N) is 4. The van der Waals surface area contributed by atoms with Crippen LogP contribution >= 0.6 is 22.9 Å². The van der Waals surface area contributed by atoms with Gasteiger partial charge in [0.05, 0.1) is 17.8 Å². The maximum atomic E-state index is 12.8. The standard InChI is InChI=1S/C25H26ClN5OS/c1-17-4-8-19(9-5-17)22-16-31-24(28-22)33-25(29-31)30-14-2-3-20(15-30)23(32)27-13-12-18-6-10-21(26)11-7-18/h4-11,16,20H,2-3,12-15H2,1H3,(H,27,32)/t20-/m1/s1. The van der Waals surface area contributed by atoms with Crippen molar-refractivity contribution in [2.75, 3.05) is 24.5 Å². The lowest BCUT2D eigenvalue weighted by atomic mass is 9.97. The van der Waals surface area contributed by atoms with E-state index in [1.165, 1.54) is 11.1 Å². The second-order valence-electron chi connectivity index (χ2n) is 8.56. The zero-order valence-corrected chi connectivity index (χ0v) is 20.1. The van der Waals surface area contributed by atoms with Crippen molar-refractivity contribution in [3.8, 4) is 11.3 Å². The fraction of sp³-hybridized carbons (Fsp3) is 0.320. The lowest BCUT2D eigenvalue weighted by Crippen LogP contribution is -2.43. The van der Waals surface area contributed by atoms with Gasteiger partial charge in [-0.3, -0.25) is 4.79 Å². The zero-order chi connectivity index (χ0) is 22.8. The van der Waals surface area contributed by atoms with Crippen LogP contribution in [0, 0.1) is 12.8 Å². The molecule has 0 aliphatic carbocycles. The number of anilines is 1. The van der Waals surface area contributed by atoms with Crippen LogP contribution in [0.25, 0.3) is 16.2 Å². The van der Waals surface area contributed by atoms with Gasteiger partial charge in [-0.1, -0.05) is 64.9 Å². The van der Waals surface area contributed by atoms with Crippen LogP contribution in [0.3, 0.4) is 0 Å². The predicted octanol–water partition coefficient (Wildman–Crippen LogP) is 4.99. The lowest BCUT2D eigenvalue weighted by molar-refractivity contribution is -0.125. The number of hydrogen-bond donors (Lipinski definition) is 1. The number of carbonyl (C=O) groups is 1. The van der Waals surface area contributed by atoms with E-state index >= 15 is 0 Å². The third-order valence-electron chi connectivity index (χ3n) is 6.07. The summed E-state index contributed by atoms with van der Waals surface area (Å²) in [6, 6.07) is 16.1. The molecule has 1 saturated heterocycles. The van der Waals surface area contributed by atoms with Crippen molar-refractivity contribution in [3.63, 3.8) is 0 Å². The molecule has 2 aromatic carbocycles. The molecule has 5 rings (SSSR count). The average molecular weight is 480 g/mol. The first kappa shape index (κ1) is 21.9. The maximum Gasteiger partial charge on any atom is 0.224 e. The number of amides is 1. The van der Waals surface area contributed by atoms with E-state index in [0.717, 1.165) is 52.2 Å². The monoisotopic (exact) mass is 479 g/mol. The first-order valence-corrected chi connectivity index (χ1v) is 12.4. The smallest absolute Gasteiger partial charge is 0.224 e. The Bertz CT molecular complexity index is 1220. The number of aromatic nitrogens is 3. The Kier molecular flexibility index (Phi) is 6.33. The van der Waals surface area contributed by atoms with E-state index in [-0.39, 0.29) is 11.8 Å². The minimum absolute atomic E-state index is 0.0247. The number of nitrogens with one attached hydrogen (secondary N) is 1. The van der Waals surface area contributed by atoms with Gasteiger partial charge in [-0.05, 0) is 43.9 Å². The normalized spacial score (nSPS) is 16.3. The number of imidazole rings is 1. The molecule has 0 unspecified atom stereocenters. The molecule has 0 spiro atoms. The molecule has 3 heterocycles. The van der Waals surface area contributed by atoms with Gasteiger partial charge in [0.1, 0.15) is 0 Å². The molecule has 1 aliphatic heterocycles. The topological polar surface area (TPSA) is 62.5 Å². The highest BCUT2D eigenvalue weighted by molar-refractivity contribution is 7.20. The highest BCUT2D eigenvalue weighted by Gasteiger charge is 2.27. The fourth-order valence-corrected chi connectivity index (χ4v) is 5.22. The highest BCUT2D eigenvalue weighted by Crippen LogP contribution is 2.30. The number of fused-ring (bicyclic) bond motifs is 1. The molecule has 0 bridgehead atoms. The summed E-state index contributed by atoms with van der Waals surface area (Å²) in [4.78, 5) is 20.6. The minimum atomic E-state index is -0.0247. The van der Waals surface area contributed by atoms with Crippen LogP contribution in [-0.2, 0) is 11.2 Å². The van der Waals surface area contributed by atoms with Crippen LogP contribution < -0.4 is 10.2 Å². The first-order chi connectivity index (χ1) is 16.0. The van der Waals surface area contributed by atoms with Crippen molar-refractivity contribution in [2.45, 2.75) is 26.2 Å². The second-order valence-corrected chi connectivity index (χ2v) is 9.93. The number of piperidine rings is 1. The van der Waals surface area contributed by atoms with Crippen molar-refractivity contribution < 1.29 is 4.79 Å². The minimum Gasteiger partial charge on any atom is -0.355 e. The summed E-state index contributed by atoms with van der Waals surface area (Å²) < 4.78 is 1.85. The van der Waals surface area contributed by atoms with E-state index in [1.807, 2.05) is 35.0 Å². The molecule has 2 aromatic heterocycles. The van der Waals surface area contributed by atoms with Crippen LogP contribution in [0.1, 0.15) is 24.0 Å². The zero-order valence-electron chi connectivity index (χ0n) is 18.5. The van der Waals surface area contributed by atoms with E-state index in [1.54, 1.807) is 11.3 Å². The maximum absolute atomic E-state index is 12.8. The summed E-state index contributed by atoms with van der Waals surface area (Å²) in [6.45, 7) is 4.31. The van der Waals surface area contributed by atoms with Crippen LogP contribution in [0.2, 0.25) is 5.02 Å². The van der Waals surface area contributed by atoms with E-state index in [9.17, 15) is 4.79 Å². The van der Waals surface area contributed by atoms with Gasteiger partial charge in [0.15, 0.2) is 0 Å². The molecule has 4 aromatic rings. The Labute approximate surface area is 202 Å². The molecule has 170 valence electrons. The molecule has 1 amide bonds. The molecule has 6 nitrogen and oxygen atoms in total. The van der Waals surface area contributed by atoms with Gasteiger partial charge in [-0.2, -0.15) is 0 Å². The average Bonchev–Trinajstić information content (AvgIpc) is 3.41. The van der Waals surface area contributed by atoms with Gasteiger partial charge in [0, 0.05) is 30.2 Å². The first-order valence-electron chi connectivity index (χ1n) is 11.3. The molecule has 1 atom stereocenters. The molecule has 8 heteroatoms. The van der Waals surface area contributed by atoms with Crippen molar-refractivity contribution in [1.29, 1.82) is 0 Å². The molecular formula is C25H26ClN5OS. The summed E-state index contributed by atoms with van der Waals surface area (Å²) in [5.41, 5.74) is 4.42. The van der Waals surface area contributed by atoms with E-state index in [2.05, 4.69) is 41.4 Å². The number of rotatable bonds is 6. The number of hydrogen-bond acceptors (Lipinski definition) is 5. The quantitative estimate of drug-likeness (QED) is 0.423. The van der Waals surface area contributed by atoms with Gasteiger partial charge in [-0.25, -0.2) is 9.50 Å². The van der Waals surface area contributed by atoms with Gasteiger partial charge in [0.25, 0.3) is 0 Å². The van der Waals surface area contributed by atoms with Crippen molar-refractivity contribution in [3.05, 3.63) is 70.9 Å². The largest absolute Gasteiger partial charge is 0.355 e. The molecular weight excluding hydrogens is 454 g/mol. The van der Waals surface area contributed by atoms with Gasteiger partial charge >= 0.3 is 0 Å². The highest BCUT2D eigenvalue weighted by atomic mass is 35.5. The summed E-state index contributed by atoms with van der Waals surface area (Å²) in [7, 11) is 0. The molecule has 0 radical (unpaired) electrons. The molecule has 0 saturated carbocycles. The Hall–Kier alpha value is -2.90. The van der Waals surface area contributed by atoms with E-state index in [4.69, 9.17) is 21.7 Å². The summed E-state index contributed by atoms with van der Waals surface area (Å²) in [5.74, 6) is 0.0972. The van der Waals surface area contributed by atoms with Crippen LogP contribution in [-0.4, -0.2) is 40.1 Å². The van der Waals surface area contributed by atoms with Gasteiger partial charge in [-0.15, -0.1) is 5.10 Å². The van der Waals surface area contributed by atoms with Crippen LogP contribution in [0.5, 0.6) is 0 Å². The Balaban J connectivity index is 1.20. The SMILES string of the molecule is Cc1ccc(-c2cn3nc(N4CCC[C@@H](C(=O)NCCc5ccc(Cl)cc5)C4)sc3n2)cc1. The van der Waals surface area contributed by atoms with Crippen molar-refractivity contribution >= 4 is 38.9 Å². The van der Waals surface area contributed by atoms with Gasteiger partial charge in [0.2, 0.25) is 16.0 Å². The van der Waals surface area contributed by atoms with Crippen molar-refractivity contribution in [1.82, 2.24) is 19.9 Å². The summed E-state index contributed by atoms with van der Waals surface area (Å²) in [5, 5.41) is 9.52. The van der Waals surface area contributed by atoms with E-state index in [0.29, 0.717) is 13.1 Å². The predicted molar refractivity (Wildman–Crippen MR) is 134 cm³/mol. The number of halogens is 1. The molecule has 1 fully saturated rings. The Morgan fingerprint density at radius 3 is 2.73 bits per heavy atom. The third-order valence-corrected chi connectivity index (χ3v) is 7.30. The number of carbonyl (C=O) groups excluding carboxylic acids is 1. The number of aryl methyl sites for hydroxylation is 1. The van der Waals surface area contributed by atoms with Crippen LogP contribution in [0.15, 0.2) is 54.7 Å². The van der Waals surface area contributed by atoms with Gasteiger partial charge < -0.3 is 10.2 Å². The molecule has 33 heavy (non-hydrogen) atoms. The van der Waals surface area contributed by atoms with Crippen molar-refractivity contribution in [2.24, 2.45) is 5.92 Å². The van der Waals surface area contributed by atoms with E-state index < -0.39 is 0 Å². The molecule has 1 N–H and O–H groups in total. The third kappa shape index (κ3) is 5.04. The Morgan fingerprint density at radius 1 is 1.18 bits per heavy atom. The summed E-state index contributed by atoms with van der Waals surface area (Å²) >= 11 is 7.51. The van der Waals surface area contributed by atoms with Crippen LogP contribution in [0.4, 0.5) is 5.13 Å². The molecule has 1 aliphatic rings. The fourth-order valence-electron chi connectivity index (χ4n) is 4.17. The Morgan fingerprint density at radius 2 is 1.97 bits per heavy atom. The second kappa shape index (κ2) is 9.53. The lowest BCUT2D eigenvalue weighted by Gasteiger charge is -2.31. The number of benzene rings is 2. The summed E-state index contributed by atoms with van der Waals surface area (Å²) in [6.07, 6.45) is 4.66.